The zero-order valence-corrected chi connectivity index (χ0v) is 39.0. The molecule has 0 aromatic heterocycles. The summed E-state index contributed by atoms with van der Waals surface area (Å²) in [5.41, 5.74) is 9.26. The summed E-state index contributed by atoms with van der Waals surface area (Å²) < 4.78 is 123. The van der Waals surface area contributed by atoms with Crippen LogP contribution in [0.4, 0.5) is 35.1 Å². The van der Waals surface area contributed by atoms with Crippen LogP contribution in [0.5, 0.6) is 0 Å². The molecular formula is C50H58F8Si2. The lowest BCUT2D eigenvalue weighted by atomic mass is 9.88. The Kier molecular flexibility index (Phi) is 14.3. The summed E-state index contributed by atoms with van der Waals surface area (Å²) in [7, 11) is -5.24. The summed E-state index contributed by atoms with van der Waals surface area (Å²) in [5, 5.41) is -1.31. The molecule has 6 atom stereocenters. The van der Waals surface area contributed by atoms with Gasteiger partial charge in [0, 0.05) is 32.7 Å². The van der Waals surface area contributed by atoms with Crippen molar-refractivity contribution in [2.45, 2.75) is 155 Å². The predicted octanol–water partition coefficient (Wildman–Crippen LogP) is 16.9. The van der Waals surface area contributed by atoms with Crippen molar-refractivity contribution in [2.24, 2.45) is 0 Å². The summed E-state index contributed by atoms with van der Waals surface area (Å²) in [6.45, 7) is 25.9. The van der Waals surface area contributed by atoms with Crippen molar-refractivity contribution in [3.63, 3.8) is 0 Å². The van der Waals surface area contributed by atoms with E-state index in [9.17, 15) is 17.6 Å². The molecule has 5 aromatic rings. The minimum Gasteiger partial charge on any atom is -0.203 e. The van der Waals surface area contributed by atoms with Gasteiger partial charge in [-0.25, -0.2) is 35.1 Å². The quantitative estimate of drug-likeness (QED) is 0.0293. The van der Waals surface area contributed by atoms with Crippen molar-refractivity contribution in [2.75, 3.05) is 0 Å². The summed E-state index contributed by atoms with van der Waals surface area (Å²) in [5.74, 6) is -7.38. The molecule has 0 aliphatic rings. The Labute approximate surface area is 352 Å². The number of halogens is 8. The predicted molar refractivity (Wildman–Crippen MR) is 240 cm³/mol. The second-order valence-corrected chi connectivity index (χ2v) is 27.5. The highest BCUT2D eigenvalue weighted by Crippen LogP contribution is 2.48. The van der Waals surface area contributed by atoms with E-state index < -0.39 is 84.2 Å². The molecule has 0 fully saturated rings. The zero-order valence-electron chi connectivity index (χ0n) is 37.0. The molecule has 0 N–H and O–H groups in total. The standard InChI is InChI=1S/C50H58F8Si2/c1-13-27(7)59(28(8)14-2,29(9)15-3)21-19-33-35-23-39-41(45(53)49(57)47(55)43(39)51)25-37(35)34(20-22-60(30(10)16-4,31(11)17-5)32(12)18-6)38-26-42-40(24-36(33)38)44(52)48(56)50(58)46(42)54/h23-32H,13-18H2,1-12H3. The summed E-state index contributed by atoms with van der Waals surface area (Å²) in [6, 6.07) is 4.92. The van der Waals surface area contributed by atoms with Crippen LogP contribution in [0.15, 0.2) is 24.3 Å². The van der Waals surface area contributed by atoms with Crippen molar-refractivity contribution < 1.29 is 35.1 Å². The third-order valence-electron chi connectivity index (χ3n) is 14.9. The minimum atomic E-state index is -2.62. The lowest BCUT2D eigenvalue weighted by Gasteiger charge is -2.42. The van der Waals surface area contributed by atoms with Crippen LogP contribution < -0.4 is 0 Å². The molecule has 322 valence electrons. The maximum Gasteiger partial charge on any atom is 0.198 e. The summed E-state index contributed by atoms with van der Waals surface area (Å²) in [6.07, 6.45) is 5.08. The van der Waals surface area contributed by atoms with Crippen LogP contribution in [0, 0.1) is 69.5 Å². The SMILES string of the molecule is CCC(C)[Si](C#Cc1c2cc3c(F)c(F)c(F)c(F)c3cc2c(C#C[Si](C(C)CC)(C(C)CC)C(C)CC)c2cc3c(F)c(F)c(F)c(F)c3cc12)(C(C)CC)C(C)CC. The Morgan fingerprint density at radius 1 is 0.333 bits per heavy atom. The fraction of sp³-hybridized carbons (Fsp3) is 0.480. The van der Waals surface area contributed by atoms with Gasteiger partial charge in [-0.2, -0.15) is 0 Å². The van der Waals surface area contributed by atoms with Gasteiger partial charge in [0.1, 0.15) is 16.1 Å². The molecule has 10 heteroatoms. The van der Waals surface area contributed by atoms with Gasteiger partial charge in [0.05, 0.1) is 0 Å². The number of hydrogen-bond acceptors (Lipinski definition) is 0. The van der Waals surface area contributed by atoms with Crippen molar-refractivity contribution in [1.82, 2.24) is 0 Å². The van der Waals surface area contributed by atoms with E-state index in [0.717, 1.165) is 38.5 Å². The molecule has 0 radical (unpaired) electrons. The highest BCUT2D eigenvalue weighted by atomic mass is 28.3. The van der Waals surface area contributed by atoms with Gasteiger partial charge in [-0.05, 0) is 79.1 Å². The second kappa shape index (κ2) is 18.2. The molecule has 0 amide bonds. The van der Waals surface area contributed by atoms with E-state index in [1.807, 2.05) is 0 Å². The van der Waals surface area contributed by atoms with E-state index in [4.69, 9.17) is 0 Å². The van der Waals surface area contributed by atoms with E-state index >= 15 is 17.6 Å². The Hall–Kier alpha value is -3.87. The second-order valence-electron chi connectivity index (χ2n) is 17.4. The van der Waals surface area contributed by atoms with E-state index in [1.54, 1.807) is 0 Å². The van der Waals surface area contributed by atoms with Gasteiger partial charge >= 0.3 is 0 Å². The van der Waals surface area contributed by atoms with Crippen LogP contribution in [0.2, 0.25) is 33.2 Å². The van der Waals surface area contributed by atoms with Crippen LogP contribution in [-0.2, 0) is 0 Å². The van der Waals surface area contributed by atoms with Crippen LogP contribution in [0.25, 0.3) is 43.1 Å². The van der Waals surface area contributed by atoms with Crippen molar-refractivity contribution in [1.29, 1.82) is 0 Å². The molecule has 0 aliphatic heterocycles. The highest BCUT2D eigenvalue weighted by molar-refractivity contribution is 6.91. The van der Waals surface area contributed by atoms with Gasteiger partial charge in [-0.3, -0.25) is 0 Å². The van der Waals surface area contributed by atoms with Crippen LogP contribution in [0.1, 0.15) is 133 Å². The van der Waals surface area contributed by atoms with Crippen LogP contribution in [0.3, 0.4) is 0 Å². The van der Waals surface area contributed by atoms with Crippen LogP contribution in [-0.4, -0.2) is 16.1 Å². The van der Waals surface area contributed by atoms with E-state index in [2.05, 4.69) is 106 Å². The average molecular weight is 867 g/mol. The van der Waals surface area contributed by atoms with E-state index in [-0.39, 0.29) is 65.9 Å². The Balaban J connectivity index is 2.20. The third-order valence-corrected chi connectivity index (χ3v) is 28.2. The fourth-order valence-corrected chi connectivity index (χ4v) is 22.2. The van der Waals surface area contributed by atoms with Gasteiger partial charge in [0.15, 0.2) is 46.5 Å². The maximum atomic E-state index is 15.8. The molecule has 6 unspecified atom stereocenters. The normalized spacial score (nSPS) is 17.0. The molecule has 0 aliphatic carbocycles. The largest absolute Gasteiger partial charge is 0.203 e. The zero-order chi connectivity index (χ0) is 44.8. The first-order valence-electron chi connectivity index (χ1n) is 21.7. The highest BCUT2D eigenvalue weighted by Gasteiger charge is 2.46. The van der Waals surface area contributed by atoms with Gasteiger partial charge in [0.2, 0.25) is 0 Å². The average Bonchev–Trinajstić information content (AvgIpc) is 3.27. The number of rotatable bonds is 12. The van der Waals surface area contributed by atoms with Gasteiger partial charge in [-0.15, -0.1) is 11.1 Å². The molecule has 0 spiro atoms. The summed E-state index contributed by atoms with van der Waals surface area (Å²) in [4.78, 5) is 0. The topological polar surface area (TPSA) is 0 Å². The van der Waals surface area contributed by atoms with Gasteiger partial charge in [0.25, 0.3) is 0 Å². The lowest BCUT2D eigenvalue weighted by Crippen LogP contribution is -2.45. The molecule has 0 saturated heterocycles. The Bertz CT molecular complexity index is 2240. The van der Waals surface area contributed by atoms with E-state index in [1.165, 1.54) is 24.3 Å². The van der Waals surface area contributed by atoms with Crippen molar-refractivity contribution >= 4 is 59.2 Å². The number of benzene rings is 5. The molecular weight excluding hydrogens is 809 g/mol. The monoisotopic (exact) mass is 866 g/mol. The minimum absolute atomic E-state index is 0.210. The molecule has 60 heavy (non-hydrogen) atoms. The number of fused-ring (bicyclic) bond motifs is 4. The van der Waals surface area contributed by atoms with Crippen molar-refractivity contribution in [3.05, 3.63) is 81.9 Å². The maximum absolute atomic E-state index is 15.8. The van der Waals surface area contributed by atoms with Gasteiger partial charge in [-0.1, -0.05) is 133 Å². The van der Waals surface area contributed by atoms with Crippen molar-refractivity contribution in [3.8, 4) is 22.9 Å². The number of hydrogen-bond donors (Lipinski definition) is 0. The molecule has 0 bridgehead atoms. The molecule has 0 saturated carbocycles. The van der Waals surface area contributed by atoms with Gasteiger partial charge < -0.3 is 0 Å². The first-order chi connectivity index (χ1) is 28.3. The Morgan fingerprint density at radius 2 is 0.517 bits per heavy atom. The molecule has 0 heterocycles. The smallest absolute Gasteiger partial charge is 0.198 e. The lowest BCUT2D eigenvalue weighted by molar-refractivity contribution is 0.418. The molecule has 5 rings (SSSR count). The molecule has 0 nitrogen and oxygen atoms in total. The fourth-order valence-electron chi connectivity index (χ4n) is 10.2. The first kappa shape index (κ1) is 47.2. The Morgan fingerprint density at radius 3 is 0.683 bits per heavy atom. The third kappa shape index (κ3) is 7.36. The summed E-state index contributed by atoms with van der Waals surface area (Å²) >= 11 is 0. The first-order valence-corrected chi connectivity index (χ1v) is 26.2. The molecule has 5 aromatic carbocycles. The van der Waals surface area contributed by atoms with E-state index in [0.29, 0.717) is 0 Å². The van der Waals surface area contributed by atoms with Crippen LogP contribution >= 0.6 is 0 Å².